The Morgan fingerprint density at radius 1 is 1.21 bits per heavy atom. The number of rotatable bonds is 5. The van der Waals surface area contributed by atoms with Crippen LogP contribution in [0.15, 0.2) is 24.3 Å². The summed E-state index contributed by atoms with van der Waals surface area (Å²) in [7, 11) is 0. The van der Waals surface area contributed by atoms with E-state index >= 15 is 0 Å². The summed E-state index contributed by atoms with van der Waals surface area (Å²) in [6.07, 6.45) is 2.64. The number of para-hydroxylation sites is 2. The molecule has 1 fully saturated rings. The molecule has 1 amide bonds. The second-order valence-corrected chi connectivity index (χ2v) is 6.25. The van der Waals surface area contributed by atoms with Gasteiger partial charge in [0, 0.05) is 32.0 Å². The van der Waals surface area contributed by atoms with Crippen molar-refractivity contribution in [3.63, 3.8) is 0 Å². The summed E-state index contributed by atoms with van der Waals surface area (Å²) >= 11 is 0. The van der Waals surface area contributed by atoms with Gasteiger partial charge in [0.05, 0.1) is 17.5 Å². The first kappa shape index (κ1) is 16.5. The number of aliphatic carboxylic acids is 1. The molecule has 6 nitrogen and oxygen atoms in total. The number of carbonyl (C=O) groups excluding carboxylic acids is 1. The van der Waals surface area contributed by atoms with Crippen molar-refractivity contribution in [3.8, 4) is 0 Å². The number of aromatic nitrogens is 2. The van der Waals surface area contributed by atoms with Gasteiger partial charge in [-0.2, -0.15) is 0 Å². The molecule has 128 valence electrons. The van der Waals surface area contributed by atoms with Crippen molar-refractivity contribution in [1.29, 1.82) is 0 Å². The molecule has 1 aliphatic heterocycles. The second kappa shape index (κ2) is 7.03. The number of fused-ring (bicyclic) bond motifs is 1. The highest BCUT2D eigenvalue weighted by Crippen LogP contribution is 2.29. The average molecular weight is 329 g/mol. The van der Waals surface area contributed by atoms with E-state index in [1.807, 2.05) is 18.2 Å². The molecule has 0 saturated carbocycles. The predicted octanol–water partition coefficient (Wildman–Crippen LogP) is 2.63. The van der Waals surface area contributed by atoms with E-state index in [9.17, 15) is 9.59 Å². The van der Waals surface area contributed by atoms with Crippen molar-refractivity contribution in [2.45, 2.75) is 45.1 Å². The highest BCUT2D eigenvalue weighted by molar-refractivity contribution is 5.81. The minimum absolute atomic E-state index is 0.0537. The number of benzene rings is 1. The van der Waals surface area contributed by atoms with Gasteiger partial charge in [-0.3, -0.25) is 9.59 Å². The van der Waals surface area contributed by atoms with Crippen molar-refractivity contribution in [2.75, 3.05) is 13.1 Å². The summed E-state index contributed by atoms with van der Waals surface area (Å²) in [6.45, 7) is 3.47. The molecule has 0 aliphatic carbocycles. The van der Waals surface area contributed by atoms with Gasteiger partial charge in [-0.15, -0.1) is 0 Å². The Morgan fingerprint density at radius 2 is 1.92 bits per heavy atom. The number of imidazole rings is 1. The third-order valence-electron chi connectivity index (χ3n) is 4.72. The van der Waals surface area contributed by atoms with Crippen LogP contribution in [0.5, 0.6) is 0 Å². The minimum Gasteiger partial charge on any atom is -0.481 e. The van der Waals surface area contributed by atoms with E-state index < -0.39 is 5.97 Å². The number of carboxylic acid groups (broad SMARTS) is 1. The largest absolute Gasteiger partial charge is 0.481 e. The van der Waals surface area contributed by atoms with Crippen molar-refractivity contribution in [3.05, 3.63) is 30.1 Å². The highest BCUT2D eigenvalue weighted by Gasteiger charge is 2.26. The van der Waals surface area contributed by atoms with Gasteiger partial charge in [-0.25, -0.2) is 4.98 Å². The van der Waals surface area contributed by atoms with Gasteiger partial charge in [0.2, 0.25) is 5.91 Å². The summed E-state index contributed by atoms with van der Waals surface area (Å²) in [5.74, 6) is 0.115. The Hall–Kier alpha value is -2.37. The molecule has 0 radical (unpaired) electrons. The number of carboxylic acids is 1. The van der Waals surface area contributed by atoms with Gasteiger partial charge < -0.3 is 14.6 Å². The molecule has 0 atom stereocenters. The molecule has 2 heterocycles. The summed E-state index contributed by atoms with van der Waals surface area (Å²) in [6, 6.07) is 8.52. The van der Waals surface area contributed by atoms with Crippen LogP contribution in [0.2, 0.25) is 0 Å². The fourth-order valence-corrected chi connectivity index (χ4v) is 3.50. The fraction of sp³-hybridized carbons (Fsp3) is 0.500. The quantitative estimate of drug-likeness (QED) is 0.915. The van der Waals surface area contributed by atoms with Crippen LogP contribution < -0.4 is 0 Å². The van der Waals surface area contributed by atoms with Crippen LogP contribution in [0.25, 0.3) is 11.0 Å². The van der Waals surface area contributed by atoms with Crippen LogP contribution in [0.4, 0.5) is 0 Å². The average Bonchev–Trinajstić information content (AvgIpc) is 2.98. The van der Waals surface area contributed by atoms with Gasteiger partial charge in [-0.1, -0.05) is 19.1 Å². The Morgan fingerprint density at radius 3 is 2.58 bits per heavy atom. The molecule has 0 bridgehead atoms. The first-order valence-corrected chi connectivity index (χ1v) is 8.55. The lowest BCUT2D eigenvalue weighted by Gasteiger charge is -2.33. The number of hydrogen-bond donors (Lipinski definition) is 1. The van der Waals surface area contributed by atoms with Crippen molar-refractivity contribution in [2.24, 2.45) is 0 Å². The number of likely N-dealkylation sites (tertiary alicyclic amines) is 1. The lowest BCUT2D eigenvalue weighted by molar-refractivity contribution is -0.141. The Labute approximate surface area is 141 Å². The molecule has 24 heavy (non-hydrogen) atoms. The monoisotopic (exact) mass is 329 g/mol. The SMILES string of the molecule is CCc1nc2ccccc2n1C1CCN(C(=O)CCC(=O)O)CC1. The predicted molar refractivity (Wildman–Crippen MR) is 90.8 cm³/mol. The van der Waals surface area contributed by atoms with Gasteiger partial charge in [0.15, 0.2) is 0 Å². The second-order valence-electron chi connectivity index (χ2n) is 6.25. The van der Waals surface area contributed by atoms with E-state index in [4.69, 9.17) is 10.1 Å². The van der Waals surface area contributed by atoms with Gasteiger partial charge in [-0.05, 0) is 25.0 Å². The molecule has 1 N–H and O–H groups in total. The third kappa shape index (κ3) is 3.27. The lowest BCUT2D eigenvalue weighted by Crippen LogP contribution is -2.39. The van der Waals surface area contributed by atoms with Crippen LogP contribution in [0.3, 0.4) is 0 Å². The zero-order valence-electron chi connectivity index (χ0n) is 13.9. The highest BCUT2D eigenvalue weighted by atomic mass is 16.4. The first-order valence-electron chi connectivity index (χ1n) is 8.55. The number of aryl methyl sites for hydroxylation is 1. The Kier molecular flexibility index (Phi) is 4.83. The number of hydrogen-bond acceptors (Lipinski definition) is 3. The van der Waals surface area contributed by atoms with Crippen molar-refractivity contribution in [1.82, 2.24) is 14.5 Å². The smallest absolute Gasteiger partial charge is 0.303 e. The molecule has 0 unspecified atom stereocenters. The maximum Gasteiger partial charge on any atom is 0.303 e. The maximum absolute atomic E-state index is 12.1. The first-order chi connectivity index (χ1) is 11.6. The molecule has 1 aromatic heterocycles. The Bertz CT molecular complexity index is 745. The standard InChI is InChI=1S/C18H23N3O3/c1-2-16-19-14-5-3-4-6-15(14)21(16)13-9-11-20(12-10-13)17(22)7-8-18(23)24/h3-6,13H,2,7-12H2,1H3,(H,23,24). The Balaban J connectivity index is 1.71. The number of amides is 1. The van der Waals surface area contributed by atoms with Gasteiger partial charge >= 0.3 is 5.97 Å². The zero-order chi connectivity index (χ0) is 17.1. The molecule has 1 aromatic carbocycles. The summed E-state index contributed by atoms with van der Waals surface area (Å²) < 4.78 is 2.33. The molecule has 6 heteroatoms. The lowest BCUT2D eigenvalue weighted by atomic mass is 10.0. The van der Waals surface area contributed by atoms with Gasteiger partial charge in [0.25, 0.3) is 0 Å². The molecule has 2 aromatic rings. The summed E-state index contributed by atoms with van der Waals surface area (Å²) in [5.41, 5.74) is 2.18. The maximum atomic E-state index is 12.1. The van der Waals surface area contributed by atoms with E-state index in [2.05, 4.69) is 17.6 Å². The normalized spacial score (nSPS) is 15.8. The van der Waals surface area contributed by atoms with Crippen molar-refractivity contribution >= 4 is 22.9 Å². The molecule has 3 rings (SSSR count). The number of nitrogens with zero attached hydrogens (tertiary/aromatic N) is 3. The van der Waals surface area contributed by atoms with Crippen LogP contribution in [0.1, 0.15) is 44.5 Å². The zero-order valence-corrected chi connectivity index (χ0v) is 13.9. The van der Waals surface area contributed by atoms with Crippen LogP contribution in [-0.4, -0.2) is 44.5 Å². The van der Waals surface area contributed by atoms with E-state index in [0.717, 1.165) is 36.1 Å². The topological polar surface area (TPSA) is 75.4 Å². The summed E-state index contributed by atoms with van der Waals surface area (Å²) in [4.78, 5) is 29.2. The molecular formula is C18H23N3O3. The van der Waals surface area contributed by atoms with E-state index in [0.29, 0.717) is 19.1 Å². The van der Waals surface area contributed by atoms with Gasteiger partial charge in [0.1, 0.15) is 5.82 Å². The molecule has 1 aliphatic rings. The molecule has 0 spiro atoms. The fourth-order valence-electron chi connectivity index (χ4n) is 3.50. The van der Waals surface area contributed by atoms with Crippen LogP contribution in [-0.2, 0) is 16.0 Å². The molecule has 1 saturated heterocycles. The third-order valence-corrected chi connectivity index (χ3v) is 4.72. The van der Waals surface area contributed by atoms with Crippen LogP contribution >= 0.6 is 0 Å². The van der Waals surface area contributed by atoms with Crippen LogP contribution in [0, 0.1) is 0 Å². The van der Waals surface area contributed by atoms with E-state index in [-0.39, 0.29) is 18.7 Å². The van der Waals surface area contributed by atoms with E-state index in [1.165, 1.54) is 0 Å². The summed E-state index contributed by atoms with van der Waals surface area (Å²) in [5, 5.41) is 8.71. The minimum atomic E-state index is -0.921. The molecular weight excluding hydrogens is 306 g/mol. The van der Waals surface area contributed by atoms with E-state index in [1.54, 1.807) is 4.90 Å². The van der Waals surface area contributed by atoms with Crippen molar-refractivity contribution < 1.29 is 14.7 Å². The number of piperidine rings is 1. The number of carbonyl (C=O) groups is 2.